The summed E-state index contributed by atoms with van der Waals surface area (Å²) in [4.78, 5) is 11.3. The van der Waals surface area contributed by atoms with Crippen molar-refractivity contribution < 1.29 is 14.0 Å². The first kappa shape index (κ1) is 17.3. The fraction of sp³-hybridized carbons (Fsp3) is 0.211. The second-order valence-electron chi connectivity index (χ2n) is 5.89. The number of aromatic nitrogens is 3. The first-order valence-electron chi connectivity index (χ1n) is 8.32. The van der Waals surface area contributed by atoms with Gasteiger partial charge in [0.1, 0.15) is 10.6 Å². The number of ether oxygens (including phenoxy) is 2. The van der Waals surface area contributed by atoms with E-state index in [2.05, 4.69) is 33.4 Å². The summed E-state index contributed by atoms with van der Waals surface area (Å²) >= 11 is 1.62. The normalized spacial score (nSPS) is 10.9. The summed E-state index contributed by atoms with van der Waals surface area (Å²) < 4.78 is 15.9. The molecule has 0 atom stereocenters. The van der Waals surface area contributed by atoms with E-state index in [0.29, 0.717) is 29.6 Å². The van der Waals surface area contributed by atoms with Crippen LogP contribution in [0.4, 0.5) is 5.82 Å². The molecule has 1 aromatic carbocycles. The first-order chi connectivity index (χ1) is 13.2. The lowest BCUT2D eigenvalue weighted by molar-refractivity contribution is 0.354. The van der Waals surface area contributed by atoms with Crippen molar-refractivity contribution in [3.05, 3.63) is 47.0 Å². The minimum atomic E-state index is 0.511. The molecule has 1 N–H and O–H groups in total. The van der Waals surface area contributed by atoms with Gasteiger partial charge in [-0.25, -0.2) is 9.97 Å². The van der Waals surface area contributed by atoms with E-state index in [-0.39, 0.29) is 0 Å². The van der Waals surface area contributed by atoms with Crippen LogP contribution in [0.2, 0.25) is 0 Å². The highest BCUT2D eigenvalue weighted by Crippen LogP contribution is 2.32. The van der Waals surface area contributed by atoms with E-state index in [1.54, 1.807) is 37.8 Å². The first-order valence-corrected chi connectivity index (χ1v) is 9.13. The van der Waals surface area contributed by atoms with Crippen molar-refractivity contribution in [1.29, 1.82) is 0 Å². The summed E-state index contributed by atoms with van der Waals surface area (Å²) in [5, 5.41) is 8.14. The number of rotatable bonds is 6. The Morgan fingerprint density at radius 2 is 1.93 bits per heavy atom. The number of hydrogen-bond donors (Lipinski definition) is 1. The molecule has 3 heterocycles. The highest BCUT2D eigenvalue weighted by molar-refractivity contribution is 7.18. The van der Waals surface area contributed by atoms with Gasteiger partial charge in [0.15, 0.2) is 11.5 Å². The van der Waals surface area contributed by atoms with Crippen molar-refractivity contribution in [1.82, 2.24) is 15.1 Å². The molecule has 0 spiro atoms. The van der Waals surface area contributed by atoms with E-state index in [1.807, 2.05) is 18.2 Å². The molecule has 0 saturated carbocycles. The summed E-state index contributed by atoms with van der Waals surface area (Å²) in [6, 6.07) is 9.66. The van der Waals surface area contributed by atoms with E-state index in [1.165, 1.54) is 4.88 Å². The smallest absolute Gasteiger partial charge is 0.204 e. The van der Waals surface area contributed by atoms with Gasteiger partial charge in [0.2, 0.25) is 11.6 Å². The zero-order valence-corrected chi connectivity index (χ0v) is 16.0. The van der Waals surface area contributed by atoms with Crippen LogP contribution in [-0.2, 0) is 6.54 Å². The molecule has 0 amide bonds. The Bertz CT molecular complexity index is 1080. The molecule has 8 heteroatoms. The molecular weight excluding hydrogens is 364 g/mol. The summed E-state index contributed by atoms with van der Waals surface area (Å²) in [6.07, 6.45) is 1.58. The van der Waals surface area contributed by atoms with Gasteiger partial charge in [0.25, 0.3) is 0 Å². The molecule has 0 aliphatic heterocycles. The number of benzene rings is 1. The van der Waals surface area contributed by atoms with E-state index >= 15 is 0 Å². The Labute approximate surface area is 160 Å². The van der Waals surface area contributed by atoms with Crippen LogP contribution in [0.1, 0.15) is 10.4 Å². The summed E-state index contributed by atoms with van der Waals surface area (Å²) in [6.45, 7) is 2.63. The fourth-order valence-corrected chi connectivity index (χ4v) is 3.67. The van der Waals surface area contributed by atoms with Gasteiger partial charge in [0.05, 0.1) is 25.8 Å². The molecule has 0 radical (unpaired) electrons. The third kappa shape index (κ3) is 3.43. The molecule has 0 fully saturated rings. The van der Waals surface area contributed by atoms with E-state index in [0.717, 1.165) is 21.6 Å². The standard InChI is InChI=1S/C19H18N4O3S/c1-11-8-13-17(20-10-12-4-5-14(24-2)16(9-12)25-3)22-18(23-19(13)27-11)15-6-7-21-26-15/h4-9H,10H2,1-3H3,(H,20,22,23). The number of thiophene rings is 1. The zero-order chi connectivity index (χ0) is 18.8. The Morgan fingerprint density at radius 3 is 2.67 bits per heavy atom. The number of nitrogens with zero attached hydrogens (tertiary/aromatic N) is 3. The lowest BCUT2D eigenvalue weighted by Gasteiger charge is -2.11. The monoisotopic (exact) mass is 382 g/mol. The van der Waals surface area contributed by atoms with E-state index in [4.69, 9.17) is 14.0 Å². The molecule has 138 valence electrons. The lowest BCUT2D eigenvalue weighted by Crippen LogP contribution is -2.04. The van der Waals surface area contributed by atoms with E-state index in [9.17, 15) is 0 Å². The largest absolute Gasteiger partial charge is 0.493 e. The van der Waals surface area contributed by atoms with Crippen LogP contribution in [-0.4, -0.2) is 29.3 Å². The minimum absolute atomic E-state index is 0.511. The molecule has 0 bridgehead atoms. The highest BCUT2D eigenvalue weighted by Gasteiger charge is 2.14. The molecule has 0 unspecified atom stereocenters. The average molecular weight is 382 g/mol. The maximum absolute atomic E-state index is 5.37. The topological polar surface area (TPSA) is 82.3 Å². The molecule has 7 nitrogen and oxygen atoms in total. The van der Waals surface area contributed by atoms with Gasteiger partial charge < -0.3 is 19.3 Å². The maximum Gasteiger partial charge on any atom is 0.204 e. The van der Waals surface area contributed by atoms with Crippen molar-refractivity contribution in [3.63, 3.8) is 0 Å². The van der Waals surface area contributed by atoms with Gasteiger partial charge in [0, 0.05) is 17.5 Å². The Hall–Kier alpha value is -3.13. The minimum Gasteiger partial charge on any atom is -0.493 e. The van der Waals surface area contributed by atoms with Gasteiger partial charge >= 0.3 is 0 Å². The quantitative estimate of drug-likeness (QED) is 0.533. The van der Waals surface area contributed by atoms with Crippen molar-refractivity contribution >= 4 is 27.4 Å². The molecular formula is C19H18N4O3S. The van der Waals surface area contributed by atoms with Crippen LogP contribution in [0, 0.1) is 6.92 Å². The SMILES string of the molecule is COc1ccc(CNc2nc(-c3ccno3)nc3sc(C)cc23)cc1OC. The van der Waals surface area contributed by atoms with Gasteiger partial charge in [-0.1, -0.05) is 11.2 Å². The summed E-state index contributed by atoms with van der Waals surface area (Å²) in [7, 11) is 3.25. The lowest BCUT2D eigenvalue weighted by atomic mass is 10.2. The Morgan fingerprint density at radius 1 is 1.07 bits per heavy atom. The van der Waals surface area contributed by atoms with Crippen LogP contribution in [0.15, 0.2) is 41.1 Å². The van der Waals surface area contributed by atoms with Crippen LogP contribution in [0.5, 0.6) is 11.5 Å². The van der Waals surface area contributed by atoms with Gasteiger partial charge in [-0.3, -0.25) is 0 Å². The van der Waals surface area contributed by atoms with Crippen molar-refractivity contribution in [2.24, 2.45) is 0 Å². The predicted octanol–water partition coefficient (Wildman–Crippen LogP) is 4.28. The molecule has 0 aliphatic rings. The maximum atomic E-state index is 5.37. The Balaban J connectivity index is 1.67. The second-order valence-corrected chi connectivity index (χ2v) is 7.13. The molecule has 4 aromatic rings. The molecule has 3 aromatic heterocycles. The van der Waals surface area contributed by atoms with E-state index < -0.39 is 0 Å². The Kier molecular flexibility index (Phi) is 4.64. The molecule has 0 aliphatic carbocycles. The third-order valence-corrected chi connectivity index (χ3v) is 5.03. The molecule has 27 heavy (non-hydrogen) atoms. The van der Waals surface area contributed by atoms with Crippen molar-refractivity contribution in [2.75, 3.05) is 19.5 Å². The molecule has 4 rings (SSSR count). The number of anilines is 1. The number of hydrogen-bond acceptors (Lipinski definition) is 8. The summed E-state index contributed by atoms with van der Waals surface area (Å²) in [5.74, 6) is 3.20. The number of aryl methyl sites for hydroxylation is 1. The van der Waals surface area contributed by atoms with Crippen LogP contribution < -0.4 is 14.8 Å². The van der Waals surface area contributed by atoms with Crippen LogP contribution >= 0.6 is 11.3 Å². The van der Waals surface area contributed by atoms with Crippen molar-refractivity contribution in [2.45, 2.75) is 13.5 Å². The number of methoxy groups -OCH3 is 2. The summed E-state index contributed by atoms with van der Waals surface area (Å²) in [5.41, 5.74) is 1.05. The predicted molar refractivity (Wildman–Crippen MR) is 105 cm³/mol. The van der Waals surface area contributed by atoms with Crippen LogP contribution in [0.25, 0.3) is 21.8 Å². The highest BCUT2D eigenvalue weighted by atomic mass is 32.1. The fourth-order valence-electron chi connectivity index (χ4n) is 2.79. The number of nitrogens with one attached hydrogen (secondary N) is 1. The number of fused-ring (bicyclic) bond motifs is 1. The zero-order valence-electron chi connectivity index (χ0n) is 15.1. The van der Waals surface area contributed by atoms with Gasteiger partial charge in [-0.15, -0.1) is 11.3 Å². The second kappa shape index (κ2) is 7.24. The van der Waals surface area contributed by atoms with Gasteiger partial charge in [-0.2, -0.15) is 0 Å². The third-order valence-electron chi connectivity index (χ3n) is 4.08. The van der Waals surface area contributed by atoms with Gasteiger partial charge in [-0.05, 0) is 30.7 Å². The van der Waals surface area contributed by atoms with Crippen molar-refractivity contribution in [3.8, 4) is 23.1 Å². The average Bonchev–Trinajstić information content (AvgIpc) is 3.34. The molecule has 0 saturated heterocycles. The van der Waals surface area contributed by atoms with Crippen LogP contribution in [0.3, 0.4) is 0 Å².